The van der Waals surface area contributed by atoms with Crippen LogP contribution in [-0.2, 0) is 21.2 Å². The molecule has 1 saturated heterocycles. The first-order valence-corrected chi connectivity index (χ1v) is 14.0. The molecule has 3 aromatic heterocycles. The molecule has 12 nitrogen and oxygen atoms in total. The van der Waals surface area contributed by atoms with Crippen LogP contribution in [0.15, 0.2) is 22.0 Å². The number of fused-ring (bicyclic) bond motifs is 1. The number of aromatic amines is 1. The van der Waals surface area contributed by atoms with Crippen LogP contribution in [0, 0.1) is 0 Å². The molecule has 1 unspecified atom stereocenters. The average molecular weight is 534 g/mol. The van der Waals surface area contributed by atoms with Gasteiger partial charge in [0.05, 0.1) is 24.1 Å². The molecule has 1 atom stereocenters. The first-order chi connectivity index (χ1) is 17.7. The van der Waals surface area contributed by atoms with E-state index in [4.69, 9.17) is 14.5 Å². The van der Waals surface area contributed by atoms with Crippen molar-refractivity contribution in [3.8, 4) is 17.3 Å². The third-order valence-corrected chi connectivity index (χ3v) is 8.57. The number of methoxy groups -OCH3 is 1. The van der Waals surface area contributed by atoms with Gasteiger partial charge in [-0.1, -0.05) is 13.8 Å². The number of ether oxygens (including phenoxy) is 2. The van der Waals surface area contributed by atoms with Crippen LogP contribution >= 0.6 is 0 Å². The van der Waals surface area contributed by atoms with Crippen LogP contribution in [0.4, 0.5) is 0 Å². The smallest absolute Gasteiger partial charge is 0.279 e. The molecule has 13 heteroatoms. The Morgan fingerprint density at radius 1 is 1.14 bits per heavy atom. The van der Waals surface area contributed by atoms with Crippen molar-refractivity contribution in [2.75, 3.05) is 53.6 Å². The van der Waals surface area contributed by atoms with Gasteiger partial charge in [-0.3, -0.25) is 9.48 Å². The van der Waals surface area contributed by atoms with E-state index in [0.717, 1.165) is 12.1 Å². The van der Waals surface area contributed by atoms with E-state index in [2.05, 4.69) is 26.9 Å². The number of aryl methyl sites for hydroxylation is 1. The average Bonchev–Trinajstić information content (AvgIpc) is 3.28. The molecule has 4 heterocycles. The van der Waals surface area contributed by atoms with Gasteiger partial charge in [0.1, 0.15) is 22.8 Å². The Kier molecular flexibility index (Phi) is 8.26. The molecule has 1 aliphatic heterocycles. The lowest BCUT2D eigenvalue weighted by molar-refractivity contribution is 0.144. The summed E-state index contributed by atoms with van der Waals surface area (Å²) in [7, 11) is -0.293. The predicted octanol–water partition coefficient (Wildman–Crippen LogP) is 1.68. The SMILES string of the molecule is CCc1c2nc(-c3cc(S(=O)(=O)N4CCN(C)CC4)cnc3OCCOC)[nH]c(=O)c2nn1C(C)CC. The summed E-state index contributed by atoms with van der Waals surface area (Å²) in [4.78, 5) is 27.1. The summed E-state index contributed by atoms with van der Waals surface area (Å²) < 4.78 is 41.0. The molecule has 0 aromatic carbocycles. The quantitative estimate of drug-likeness (QED) is 0.386. The fourth-order valence-electron chi connectivity index (χ4n) is 4.29. The number of aromatic nitrogens is 5. The van der Waals surface area contributed by atoms with E-state index in [9.17, 15) is 13.2 Å². The normalized spacial score (nSPS) is 16.4. The Morgan fingerprint density at radius 2 is 1.86 bits per heavy atom. The van der Waals surface area contributed by atoms with Gasteiger partial charge in [-0.15, -0.1) is 0 Å². The van der Waals surface area contributed by atoms with Gasteiger partial charge in [0.25, 0.3) is 5.56 Å². The van der Waals surface area contributed by atoms with E-state index in [0.29, 0.717) is 44.7 Å². The van der Waals surface area contributed by atoms with Crippen molar-refractivity contribution in [2.45, 2.75) is 44.6 Å². The summed E-state index contributed by atoms with van der Waals surface area (Å²) in [6, 6.07) is 1.57. The van der Waals surface area contributed by atoms with Gasteiger partial charge in [0.15, 0.2) is 5.52 Å². The van der Waals surface area contributed by atoms with E-state index >= 15 is 0 Å². The minimum absolute atomic E-state index is 0.0138. The standard InChI is InChI=1S/C24H35N7O5S/c1-6-16(3)31-19(7-2)20-21(28-31)23(32)27-22(26-20)18-14-17(15-25-24(18)36-13-12-35-5)37(33,34)30-10-8-29(4)9-11-30/h14-16H,6-13H2,1-5H3,(H,26,27,32). The highest BCUT2D eigenvalue weighted by molar-refractivity contribution is 7.89. The topological polar surface area (TPSA) is 136 Å². The number of hydrogen-bond donors (Lipinski definition) is 1. The van der Waals surface area contributed by atoms with Crippen molar-refractivity contribution < 1.29 is 17.9 Å². The molecule has 37 heavy (non-hydrogen) atoms. The molecule has 0 spiro atoms. The van der Waals surface area contributed by atoms with E-state index in [1.54, 1.807) is 7.11 Å². The van der Waals surface area contributed by atoms with Gasteiger partial charge in [-0.2, -0.15) is 9.40 Å². The Labute approximate surface area is 216 Å². The summed E-state index contributed by atoms with van der Waals surface area (Å²) in [5.41, 5.74) is 1.44. The van der Waals surface area contributed by atoms with Crippen LogP contribution in [0.3, 0.4) is 0 Å². The van der Waals surface area contributed by atoms with Gasteiger partial charge in [0, 0.05) is 39.3 Å². The fourth-order valence-corrected chi connectivity index (χ4v) is 5.68. The van der Waals surface area contributed by atoms with Crippen LogP contribution in [0.2, 0.25) is 0 Å². The number of nitrogens with one attached hydrogen (secondary N) is 1. The van der Waals surface area contributed by atoms with Crippen molar-refractivity contribution in [2.24, 2.45) is 0 Å². The van der Waals surface area contributed by atoms with Gasteiger partial charge in [-0.05, 0) is 32.9 Å². The zero-order valence-electron chi connectivity index (χ0n) is 22.0. The van der Waals surface area contributed by atoms with Gasteiger partial charge >= 0.3 is 0 Å². The van der Waals surface area contributed by atoms with E-state index < -0.39 is 15.6 Å². The molecule has 0 radical (unpaired) electrons. The largest absolute Gasteiger partial charge is 0.475 e. The van der Waals surface area contributed by atoms with E-state index in [-0.39, 0.29) is 40.3 Å². The van der Waals surface area contributed by atoms with Gasteiger partial charge in [0.2, 0.25) is 15.9 Å². The maximum atomic E-state index is 13.4. The highest BCUT2D eigenvalue weighted by Crippen LogP contribution is 2.30. The molecule has 1 fully saturated rings. The van der Waals surface area contributed by atoms with E-state index in [1.807, 2.05) is 25.6 Å². The molecule has 0 aliphatic carbocycles. The summed E-state index contributed by atoms with van der Waals surface area (Å²) in [6.45, 7) is 8.65. The molecule has 0 saturated carbocycles. The second-order valence-electron chi connectivity index (χ2n) is 9.19. The lowest BCUT2D eigenvalue weighted by atomic mass is 10.2. The van der Waals surface area contributed by atoms with Crippen molar-refractivity contribution in [3.63, 3.8) is 0 Å². The fraction of sp³-hybridized carbons (Fsp3) is 0.583. The Hall–Kier alpha value is -2.87. The maximum absolute atomic E-state index is 13.4. The van der Waals surface area contributed by atoms with Crippen molar-refractivity contribution >= 4 is 21.1 Å². The zero-order valence-corrected chi connectivity index (χ0v) is 22.8. The van der Waals surface area contributed by atoms with Crippen molar-refractivity contribution in [1.82, 2.24) is 33.9 Å². The predicted molar refractivity (Wildman–Crippen MR) is 139 cm³/mol. The second-order valence-corrected chi connectivity index (χ2v) is 11.1. The first kappa shape index (κ1) is 27.2. The molecule has 1 aliphatic rings. The number of likely N-dealkylation sites (N-methyl/N-ethyl adjacent to an activating group) is 1. The summed E-state index contributed by atoms with van der Waals surface area (Å²) in [5, 5.41) is 4.54. The molecule has 0 bridgehead atoms. The monoisotopic (exact) mass is 533 g/mol. The van der Waals surface area contributed by atoms with Gasteiger partial charge in [-0.25, -0.2) is 18.4 Å². The second kappa shape index (κ2) is 11.3. The number of pyridine rings is 1. The first-order valence-electron chi connectivity index (χ1n) is 12.5. The number of hydrogen-bond acceptors (Lipinski definition) is 9. The summed E-state index contributed by atoms with van der Waals surface area (Å²) in [5.74, 6) is 0.329. The number of nitrogens with zero attached hydrogens (tertiary/aromatic N) is 6. The zero-order chi connectivity index (χ0) is 26.7. The number of piperazine rings is 1. The minimum atomic E-state index is -3.81. The Balaban J connectivity index is 1.85. The Morgan fingerprint density at radius 3 is 2.51 bits per heavy atom. The molecule has 0 amide bonds. The lowest BCUT2D eigenvalue weighted by Crippen LogP contribution is -2.47. The molecular formula is C24H35N7O5S. The molecule has 3 aromatic rings. The third kappa shape index (κ3) is 5.40. The minimum Gasteiger partial charge on any atom is -0.475 e. The maximum Gasteiger partial charge on any atom is 0.279 e. The van der Waals surface area contributed by atoms with Crippen LogP contribution in [0.25, 0.3) is 22.4 Å². The van der Waals surface area contributed by atoms with Crippen LogP contribution < -0.4 is 10.3 Å². The molecule has 4 rings (SSSR count). The lowest BCUT2D eigenvalue weighted by Gasteiger charge is -2.31. The highest BCUT2D eigenvalue weighted by atomic mass is 32.2. The number of H-pyrrole nitrogens is 1. The van der Waals surface area contributed by atoms with Gasteiger partial charge < -0.3 is 19.4 Å². The summed E-state index contributed by atoms with van der Waals surface area (Å²) in [6.07, 6.45) is 2.76. The van der Waals surface area contributed by atoms with Crippen molar-refractivity contribution in [1.29, 1.82) is 0 Å². The van der Waals surface area contributed by atoms with E-state index in [1.165, 1.54) is 16.6 Å². The Bertz CT molecular complexity index is 1410. The van der Waals surface area contributed by atoms with Crippen LogP contribution in [0.5, 0.6) is 5.88 Å². The third-order valence-electron chi connectivity index (χ3n) is 6.70. The summed E-state index contributed by atoms with van der Waals surface area (Å²) >= 11 is 0. The molecular weight excluding hydrogens is 498 g/mol. The number of rotatable bonds is 10. The highest BCUT2D eigenvalue weighted by Gasteiger charge is 2.29. The number of sulfonamides is 1. The molecule has 202 valence electrons. The van der Waals surface area contributed by atoms with Crippen molar-refractivity contribution in [3.05, 3.63) is 28.3 Å². The van der Waals surface area contributed by atoms with Crippen LogP contribution in [-0.4, -0.2) is 95.9 Å². The van der Waals surface area contributed by atoms with Crippen LogP contribution in [0.1, 0.15) is 38.9 Å². The molecule has 1 N–H and O–H groups in total.